The number of nitrogens with one attached hydrogen (secondary N) is 1. The molecule has 0 aliphatic rings. The number of para-hydroxylation sites is 1. The van der Waals surface area contributed by atoms with E-state index in [-0.39, 0.29) is 0 Å². The lowest BCUT2D eigenvalue weighted by atomic mass is 10.1. The van der Waals surface area contributed by atoms with Gasteiger partial charge in [-0.25, -0.2) is 0 Å². The summed E-state index contributed by atoms with van der Waals surface area (Å²) in [6, 6.07) is 18.4. The number of benzene rings is 2. The number of hydrogen-bond donors (Lipinski definition) is 1. The van der Waals surface area contributed by atoms with E-state index in [2.05, 4.69) is 49.2 Å². The van der Waals surface area contributed by atoms with Gasteiger partial charge >= 0.3 is 0 Å². The summed E-state index contributed by atoms with van der Waals surface area (Å²) in [5.74, 6) is 0.833. The van der Waals surface area contributed by atoms with Gasteiger partial charge in [0.2, 0.25) is 0 Å². The molecule has 1 N–H and O–H groups in total. The number of H-pyrrole nitrogens is 1. The third-order valence-electron chi connectivity index (χ3n) is 2.52. The summed E-state index contributed by atoms with van der Waals surface area (Å²) in [5.41, 5.74) is 3.25. The van der Waals surface area contributed by atoms with Gasteiger partial charge in [0.15, 0.2) is 0 Å². The van der Waals surface area contributed by atoms with Crippen molar-refractivity contribution < 1.29 is 0 Å². The fourth-order valence-corrected chi connectivity index (χ4v) is 1.78. The predicted molar refractivity (Wildman–Crippen MR) is 105 cm³/mol. The molecule has 23 heavy (non-hydrogen) atoms. The summed E-state index contributed by atoms with van der Waals surface area (Å²) in [6.07, 6.45) is 0. The second-order valence-corrected chi connectivity index (χ2v) is 5.22. The van der Waals surface area contributed by atoms with Gasteiger partial charge in [-0.3, -0.25) is 5.10 Å². The summed E-state index contributed by atoms with van der Waals surface area (Å²) in [7, 11) is 0. The topological polar surface area (TPSA) is 28.7 Å². The monoisotopic (exact) mass is 312 g/mol. The second kappa shape index (κ2) is 12.5. The van der Waals surface area contributed by atoms with Crippen molar-refractivity contribution in [1.29, 1.82) is 0 Å². The first kappa shape index (κ1) is 20.9. The van der Waals surface area contributed by atoms with E-state index >= 15 is 0 Å². The van der Waals surface area contributed by atoms with Crippen molar-refractivity contribution in [3.05, 3.63) is 54.6 Å². The fourth-order valence-electron chi connectivity index (χ4n) is 1.78. The van der Waals surface area contributed by atoms with Crippen LogP contribution >= 0.6 is 0 Å². The molecule has 0 fully saturated rings. The van der Waals surface area contributed by atoms with Crippen molar-refractivity contribution in [2.45, 2.75) is 48.5 Å². The molecule has 0 spiro atoms. The summed E-state index contributed by atoms with van der Waals surface area (Å²) < 4.78 is 0. The summed E-state index contributed by atoms with van der Waals surface area (Å²) in [5, 5.41) is 8.55. The smallest absolute Gasteiger partial charge is 0.0999 e. The molecule has 1 heterocycles. The molecule has 0 aliphatic heterocycles. The second-order valence-electron chi connectivity index (χ2n) is 5.22. The minimum Gasteiger partial charge on any atom is -0.277 e. The quantitative estimate of drug-likeness (QED) is 0.517. The Bertz CT molecular complexity index is 622. The van der Waals surface area contributed by atoms with Gasteiger partial charge in [0.25, 0.3) is 0 Å². The van der Waals surface area contributed by atoms with Crippen LogP contribution in [0.5, 0.6) is 0 Å². The Morgan fingerprint density at radius 3 is 1.78 bits per heavy atom. The fraction of sp³-hybridized carbons (Fsp3) is 0.381. The molecule has 3 rings (SSSR count). The molecule has 2 aromatic carbocycles. The van der Waals surface area contributed by atoms with Gasteiger partial charge in [0.05, 0.1) is 11.2 Å². The maximum Gasteiger partial charge on any atom is 0.0999 e. The number of aromatic nitrogens is 2. The molecule has 126 valence electrons. The van der Waals surface area contributed by atoms with Crippen LogP contribution in [0, 0.1) is 5.92 Å². The molecule has 0 unspecified atom stereocenters. The zero-order valence-corrected chi connectivity index (χ0v) is 15.7. The van der Waals surface area contributed by atoms with Crippen LogP contribution in [-0.4, -0.2) is 10.2 Å². The van der Waals surface area contributed by atoms with Crippen LogP contribution in [0.25, 0.3) is 22.2 Å². The van der Waals surface area contributed by atoms with Crippen LogP contribution in [0.1, 0.15) is 48.5 Å². The number of aromatic amines is 1. The molecule has 0 radical (unpaired) electrons. The zero-order valence-electron chi connectivity index (χ0n) is 15.7. The summed E-state index contributed by atoms with van der Waals surface area (Å²) >= 11 is 0. The molecule has 0 amide bonds. The third kappa shape index (κ3) is 7.14. The minimum absolute atomic E-state index is 0.833. The maximum atomic E-state index is 4.34. The van der Waals surface area contributed by atoms with Gasteiger partial charge in [0.1, 0.15) is 0 Å². The first-order valence-corrected chi connectivity index (χ1v) is 8.67. The maximum absolute atomic E-state index is 4.34. The highest BCUT2D eigenvalue weighted by Gasteiger charge is 2.05. The predicted octanol–water partition coefficient (Wildman–Crippen LogP) is 6.94. The normalized spacial score (nSPS) is 9.04. The summed E-state index contributed by atoms with van der Waals surface area (Å²) in [6.45, 7) is 14.5. The molecular weight excluding hydrogens is 280 g/mol. The van der Waals surface area contributed by atoms with Crippen LogP contribution in [-0.2, 0) is 0 Å². The van der Waals surface area contributed by atoms with Gasteiger partial charge < -0.3 is 0 Å². The van der Waals surface area contributed by atoms with Crippen LogP contribution in [0.2, 0.25) is 0 Å². The van der Waals surface area contributed by atoms with E-state index in [1.807, 2.05) is 64.1 Å². The molecule has 0 atom stereocenters. The lowest BCUT2D eigenvalue weighted by Gasteiger charge is -1.95. The van der Waals surface area contributed by atoms with Gasteiger partial charge in [-0.05, 0) is 12.0 Å². The van der Waals surface area contributed by atoms with Gasteiger partial charge in [-0.2, -0.15) is 5.10 Å². The Morgan fingerprint density at radius 2 is 1.22 bits per heavy atom. The number of rotatable bonds is 1. The van der Waals surface area contributed by atoms with E-state index in [0.717, 1.165) is 22.7 Å². The highest BCUT2D eigenvalue weighted by Crippen LogP contribution is 2.25. The third-order valence-corrected chi connectivity index (χ3v) is 2.52. The highest BCUT2D eigenvalue weighted by atomic mass is 15.1. The van der Waals surface area contributed by atoms with Crippen molar-refractivity contribution in [2.75, 3.05) is 0 Å². The van der Waals surface area contributed by atoms with Crippen LogP contribution < -0.4 is 0 Å². The Labute approximate surface area is 142 Å². The Balaban J connectivity index is 0.000000523. The molecule has 0 aliphatic carbocycles. The van der Waals surface area contributed by atoms with Crippen LogP contribution in [0.4, 0.5) is 0 Å². The van der Waals surface area contributed by atoms with Crippen molar-refractivity contribution in [1.82, 2.24) is 10.2 Å². The standard InChI is InChI=1S/C13H10N2.C4H10.2C2H6/c1-2-6-10(7-3-1)13-11-8-4-5-9-12(11)14-15-13;1-4(2)3;2*1-2/h1-9H,(H,14,15);4H,1-3H3;2*1-2H3. The Kier molecular flexibility index (Phi) is 11.3. The van der Waals surface area contributed by atoms with Crippen LogP contribution in [0.15, 0.2) is 54.6 Å². The molecule has 1 aromatic heterocycles. The highest BCUT2D eigenvalue weighted by molar-refractivity contribution is 5.92. The lowest BCUT2D eigenvalue weighted by Crippen LogP contribution is -1.76. The van der Waals surface area contributed by atoms with Crippen molar-refractivity contribution in [3.8, 4) is 11.3 Å². The summed E-state index contributed by atoms with van der Waals surface area (Å²) in [4.78, 5) is 0. The van der Waals surface area contributed by atoms with Crippen LogP contribution in [0.3, 0.4) is 0 Å². The molecule has 0 saturated carbocycles. The first-order chi connectivity index (χ1) is 11.2. The molecule has 0 bridgehead atoms. The van der Waals surface area contributed by atoms with Gasteiger partial charge in [0, 0.05) is 10.9 Å². The number of nitrogens with zero attached hydrogens (tertiary/aromatic N) is 1. The van der Waals surface area contributed by atoms with Gasteiger partial charge in [-0.15, -0.1) is 0 Å². The number of fused-ring (bicyclic) bond motifs is 1. The van der Waals surface area contributed by atoms with Gasteiger partial charge in [-0.1, -0.05) is 97.0 Å². The molecule has 3 aromatic rings. The van der Waals surface area contributed by atoms with Crippen molar-refractivity contribution in [3.63, 3.8) is 0 Å². The van der Waals surface area contributed by atoms with E-state index in [9.17, 15) is 0 Å². The van der Waals surface area contributed by atoms with E-state index in [1.165, 1.54) is 5.39 Å². The molecule has 2 nitrogen and oxygen atoms in total. The number of hydrogen-bond acceptors (Lipinski definition) is 1. The molecule has 2 heteroatoms. The molecule has 0 saturated heterocycles. The van der Waals surface area contributed by atoms with E-state index in [0.29, 0.717) is 0 Å². The van der Waals surface area contributed by atoms with E-state index in [4.69, 9.17) is 0 Å². The Hall–Kier alpha value is -2.09. The first-order valence-electron chi connectivity index (χ1n) is 8.67. The lowest BCUT2D eigenvalue weighted by molar-refractivity contribution is 0.737. The average Bonchev–Trinajstić information content (AvgIpc) is 3.03. The molecular formula is C21H32N2. The minimum atomic E-state index is 0.833. The average molecular weight is 313 g/mol. The zero-order chi connectivity index (χ0) is 17.7. The van der Waals surface area contributed by atoms with Crippen molar-refractivity contribution in [2.24, 2.45) is 5.92 Å². The van der Waals surface area contributed by atoms with E-state index in [1.54, 1.807) is 0 Å². The SMILES string of the molecule is CC.CC.CC(C)C.c1ccc(-c2n[nH]c3ccccc23)cc1. The van der Waals surface area contributed by atoms with Crippen molar-refractivity contribution >= 4 is 10.9 Å². The Morgan fingerprint density at radius 1 is 0.739 bits per heavy atom. The largest absolute Gasteiger partial charge is 0.277 e. The van der Waals surface area contributed by atoms with E-state index < -0.39 is 0 Å².